The average molecular weight is 1560 g/mol. The van der Waals surface area contributed by atoms with E-state index in [1.54, 1.807) is 53.3 Å². The number of Topliss-reactive ketones (excluding diaryl/α,β-unsaturated/α-hetero) is 4. The van der Waals surface area contributed by atoms with Gasteiger partial charge in [0.2, 0.25) is 23.6 Å². The minimum atomic E-state index is -1.54. The number of benzene rings is 3. The van der Waals surface area contributed by atoms with Gasteiger partial charge in [-0.05, 0) is 103 Å². The van der Waals surface area contributed by atoms with Crippen molar-refractivity contribution in [2.75, 3.05) is 69.4 Å². The monoisotopic (exact) mass is 1550 g/mol. The number of aromatic nitrogens is 2. The number of halogens is 1. The number of hydrogen-bond donors (Lipinski definition) is 11. The van der Waals surface area contributed by atoms with Gasteiger partial charge >= 0.3 is 17.9 Å². The predicted molar refractivity (Wildman–Crippen MR) is 404 cm³/mol. The van der Waals surface area contributed by atoms with Crippen molar-refractivity contribution < 1.29 is 87.8 Å². The first-order valence-corrected chi connectivity index (χ1v) is 38.6. The van der Waals surface area contributed by atoms with Gasteiger partial charge in [-0.15, -0.1) is 0 Å². The van der Waals surface area contributed by atoms with Crippen LogP contribution in [-0.4, -0.2) is 232 Å². The van der Waals surface area contributed by atoms with Crippen molar-refractivity contribution >= 4 is 138 Å². The predicted octanol–water partition coefficient (Wildman–Crippen LogP) is 4.95. The summed E-state index contributed by atoms with van der Waals surface area (Å²) in [5, 5.41) is 66.5. The van der Waals surface area contributed by atoms with Crippen molar-refractivity contribution in [2.45, 2.75) is 141 Å². The van der Waals surface area contributed by atoms with Crippen LogP contribution in [0.2, 0.25) is 5.02 Å². The fraction of sp³-hybridized carbons (Fsp3) is 0.486. The summed E-state index contributed by atoms with van der Waals surface area (Å²) < 4.78 is 5.31. The Morgan fingerprint density at radius 2 is 1.52 bits per heavy atom. The lowest BCUT2D eigenvalue weighted by atomic mass is 9.89. The van der Waals surface area contributed by atoms with Crippen LogP contribution in [0.4, 0.5) is 5.69 Å². The molecule has 2 aromatic heterocycles. The second-order valence-electron chi connectivity index (χ2n) is 27.6. The highest BCUT2D eigenvalue weighted by Gasteiger charge is 2.44. The number of carboxylic acid groups (broad SMARTS) is 3. The molecule has 11 N–H and O–H groups in total. The molecule has 3 aliphatic rings. The summed E-state index contributed by atoms with van der Waals surface area (Å²) in [7, 11) is 2.12. The molecule has 5 aromatic rings. The maximum atomic E-state index is 15.3. The molecule has 0 spiro atoms. The van der Waals surface area contributed by atoms with E-state index in [9.17, 15) is 68.7 Å². The maximum Gasteiger partial charge on any atom is 0.317 e. The van der Waals surface area contributed by atoms with Gasteiger partial charge in [-0.1, -0.05) is 96.4 Å². The lowest BCUT2D eigenvalue weighted by Crippen LogP contribution is -2.54. The number of aliphatic hydroxyl groups excluding tert-OH is 1. The summed E-state index contributed by atoms with van der Waals surface area (Å²) in [5.41, 5.74) is 4.28. The van der Waals surface area contributed by atoms with Gasteiger partial charge in [0.05, 0.1) is 60.3 Å². The Kier molecular flexibility index (Phi) is 32.0. The number of ketones is 4. The first-order chi connectivity index (χ1) is 51.1. The number of carbonyl (C=O) groups excluding carboxylic acids is 9. The van der Waals surface area contributed by atoms with Gasteiger partial charge in [-0.25, -0.2) is 0 Å². The van der Waals surface area contributed by atoms with E-state index < -0.39 is 152 Å². The third-order valence-corrected chi connectivity index (χ3v) is 21.8. The van der Waals surface area contributed by atoms with E-state index in [2.05, 4.69) is 31.6 Å². The molecule has 2 saturated heterocycles. The van der Waals surface area contributed by atoms with Gasteiger partial charge < -0.3 is 66.7 Å². The number of aromatic amines is 1. The number of ether oxygens (including phenoxy) is 1. The molecular formula is C74H92ClN11O18S3. The zero-order valence-corrected chi connectivity index (χ0v) is 62.9. The Bertz CT molecular complexity index is 4020. The van der Waals surface area contributed by atoms with Gasteiger partial charge in [0, 0.05) is 142 Å². The molecule has 8 rings (SSSR count). The van der Waals surface area contributed by atoms with Gasteiger partial charge in [0.15, 0.2) is 28.2 Å². The number of nitrogens with zero attached hydrogens (tertiary/aromatic N) is 5. The smallest absolute Gasteiger partial charge is 0.317 e. The van der Waals surface area contributed by atoms with E-state index in [1.165, 1.54) is 18.2 Å². The molecule has 3 aromatic carbocycles. The van der Waals surface area contributed by atoms with E-state index in [-0.39, 0.29) is 130 Å². The largest absolute Gasteiger partial charge is 0.506 e. The molecule has 33 heteroatoms. The number of rotatable bonds is 27. The number of hydrogen-bond acceptors (Lipinski definition) is 22. The molecule has 29 nitrogen and oxygen atoms in total. The Hall–Kier alpha value is -8.89. The van der Waals surface area contributed by atoms with Crippen LogP contribution in [0.15, 0.2) is 91.1 Å². The van der Waals surface area contributed by atoms with Crippen LogP contribution in [0.1, 0.15) is 100 Å². The highest BCUT2D eigenvalue weighted by atomic mass is 35.5. The Labute approximate surface area is 637 Å². The van der Waals surface area contributed by atoms with Crippen LogP contribution < -0.4 is 26.6 Å². The molecule has 2 bridgehead atoms. The number of phenols is 1. The van der Waals surface area contributed by atoms with Crippen LogP contribution in [0, 0.1) is 23.7 Å². The number of para-hydroxylation sites is 1. The molecule has 576 valence electrons. The van der Waals surface area contributed by atoms with Gasteiger partial charge in [-0.3, -0.25) is 77.2 Å². The molecule has 0 unspecified atom stereocenters. The summed E-state index contributed by atoms with van der Waals surface area (Å²) in [6.07, 6.45) is -1.80. The Balaban J connectivity index is 1.06. The zero-order valence-electron chi connectivity index (χ0n) is 59.7. The third-order valence-electron chi connectivity index (χ3n) is 18.9. The molecule has 0 aliphatic carbocycles. The molecule has 5 heterocycles. The van der Waals surface area contributed by atoms with E-state index in [4.69, 9.17) is 33.5 Å². The quantitative estimate of drug-likeness (QED) is 0.0188. The SMILES string of the molecule is CCC(=O)[C@@H]1CSSC[C@H](NC(=O)[C@@H](CCC(=O)O)CC(=O)[C@H](Cc2c[nH]c3ccccc23)NC(=S)Nc2ccc(C[C@H]3CN(CC(=O)O)CCN(CC(=O)O)Cc4cccc(n4)CN3COC=O)cc2)C(=O)N2C[C@H](O)C[C@H]2C(=O)C[C@@H](Cc2ccc(O)c(Cl)c2)C(=O)NCC(=O)C[C@@H](CC(C)C)C(=O)N1. The highest BCUT2D eigenvalue weighted by Crippen LogP contribution is 2.32. The van der Waals surface area contributed by atoms with Gasteiger partial charge in [-0.2, -0.15) is 0 Å². The zero-order chi connectivity index (χ0) is 77.4. The van der Waals surface area contributed by atoms with Crippen molar-refractivity contribution in [3.8, 4) is 5.75 Å². The minimum absolute atomic E-state index is 0.00967. The van der Waals surface area contributed by atoms with E-state index >= 15 is 14.4 Å². The lowest BCUT2D eigenvalue weighted by molar-refractivity contribution is -0.142. The number of aliphatic carboxylic acids is 3. The molecule has 4 amide bonds. The van der Waals surface area contributed by atoms with E-state index in [0.29, 0.717) is 41.1 Å². The molecule has 107 heavy (non-hydrogen) atoms. The normalized spacial score (nSPS) is 21.5. The second-order valence-corrected chi connectivity index (χ2v) is 31.0. The van der Waals surface area contributed by atoms with Gasteiger partial charge in [0.1, 0.15) is 18.5 Å². The number of phenolic OH excluding ortho intramolecular Hbond substituents is 1. The Morgan fingerprint density at radius 3 is 2.22 bits per heavy atom. The standard InChI is InChI=1S/C74H92ClN11O18S3/c1-4-63(90)60-39-106-107-40-61(73(103)86-36-55(89)30-62(86)66(93)29-48(23-45-14-18-64(91)57(75)25-45)70(100)77-32-54(88)26-47(22-43(2)3)72(102)80-60)81-71(101)46(15-19-67(94)95)28-65(92)59(27-49-31-76-58-11-6-5-10-56(49)58)82-74(105)79-50-16-12-44(13-17-50)24-53-35-84(38-69(98)99)21-20-83(37-68(96)97)33-51-8-7-9-52(78-51)34-85(53)41-104-42-87/h5-14,16-18,25,31,42-43,46-48,53,55,59-62,76,89,91H,4,15,19-24,26-30,32-41H2,1-3H3,(H,77,100)(H,80,102)(H,81,101)(H,94,95)(H,96,97)(H,98,99)(H2,79,82,105)/t46-,47+,48+,53-,55+,59-,60-,61-,62-/m0/s1. The van der Waals surface area contributed by atoms with Crippen molar-refractivity contribution in [1.29, 1.82) is 0 Å². The number of fused-ring (bicyclic) bond motifs is 4. The van der Waals surface area contributed by atoms with Crippen molar-refractivity contribution in [3.63, 3.8) is 0 Å². The summed E-state index contributed by atoms with van der Waals surface area (Å²) in [6.45, 7) is 4.80. The van der Waals surface area contributed by atoms with Crippen LogP contribution in [-0.2, 0) is 94.6 Å². The first kappa shape index (κ1) is 83.7. The lowest BCUT2D eigenvalue weighted by Gasteiger charge is -2.36. The molecule has 9 atom stereocenters. The van der Waals surface area contributed by atoms with Crippen LogP contribution in [0.25, 0.3) is 10.9 Å². The fourth-order valence-electron chi connectivity index (χ4n) is 13.5. The van der Waals surface area contributed by atoms with Crippen LogP contribution in [0.5, 0.6) is 5.75 Å². The van der Waals surface area contributed by atoms with Crippen molar-refractivity contribution in [2.24, 2.45) is 23.7 Å². The molecule has 2 fully saturated rings. The number of anilines is 1. The number of carboxylic acids is 3. The van der Waals surface area contributed by atoms with Crippen LogP contribution in [0.3, 0.4) is 0 Å². The number of pyridine rings is 1. The number of thiocarbonyl (C=S) groups is 1. The minimum Gasteiger partial charge on any atom is -0.506 e. The highest BCUT2D eigenvalue weighted by molar-refractivity contribution is 8.76. The fourth-order valence-corrected chi connectivity index (χ4v) is 16.3. The molecule has 3 aliphatic heterocycles. The van der Waals surface area contributed by atoms with Crippen molar-refractivity contribution in [1.82, 2.24) is 50.8 Å². The summed E-state index contributed by atoms with van der Waals surface area (Å²) >= 11 is 12.2. The molecule has 0 saturated carbocycles. The number of H-pyrrole nitrogens is 1. The molecular weight excluding hydrogens is 1460 g/mol. The number of nitrogens with one attached hydrogen (secondary N) is 6. The van der Waals surface area contributed by atoms with Crippen molar-refractivity contribution in [3.05, 3.63) is 124 Å². The van der Waals surface area contributed by atoms with Gasteiger partial charge in [0.25, 0.3) is 6.47 Å². The Morgan fingerprint density at radius 1 is 0.822 bits per heavy atom. The van der Waals surface area contributed by atoms with Crippen LogP contribution >= 0.6 is 45.4 Å². The first-order valence-electron chi connectivity index (χ1n) is 35.4. The average Bonchev–Trinajstić information content (AvgIpc) is 1.72. The second kappa shape index (κ2) is 40.9. The number of aromatic hydroxyl groups is 1. The van der Waals surface area contributed by atoms with E-state index in [1.807, 2.05) is 55.1 Å². The number of carbonyl (C=O) groups is 12. The summed E-state index contributed by atoms with van der Waals surface area (Å²) in [5.74, 6) is -12.8. The maximum absolute atomic E-state index is 15.3. The third kappa shape index (κ3) is 25.9. The summed E-state index contributed by atoms with van der Waals surface area (Å²) in [4.78, 5) is 178. The topological polar surface area (TPSA) is 417 Å². The summed E-state index contributed by atoms with van der Waals surface area (Å²) in [6, 6.07) is 18.3. The number of amides is 4. The number of aliphatic hydroxyl groups is 1. The molecule has 0 radical (unpaired) electrons. The van der Waals surface area contributed by atoms with E-state index in [0.717, 1.165) is 43.0 Å².